The van der Waals surface area contributed by atoms with Crippen molar-refractivity contribution in [3.8, 4) is 11.5 Å². The highest BCUT2D eigenvalue weighted by Gasteiger charge is 2.29. The summed E-state index contributed by atoms with van der Waals surface area (Å²) in [6.45, 7) is 0.330. The fraction of sp³-hybridized carbons (Fsp3) is 0.438. The molecule has 0 bridgehead atoms. The van der Waals surface area contributed by atoms with Crippen LogP contribution >= 0.6 is 23.8 Å². The van der Waals surface area contributed by atoms with Crippen molar-refractivity contribution in [1.29, 1.82) is 0 Å². The van der Waals surface area contributed by atoms with Gasteiger partial charge in [0.05, 0.1) is 24.7 Å². The van der Waals surface area contributed by atoms with Crippen molar-refractivity contribution in [2.24, 2.45) is 0 Å². The first-order chi connectivity index (χ1) is 12.7. The minimum atomic E-state index is -3.03. The first-order valence-corrected chi connectivity index (χ1v) is 10.8. The van der Waals surface area contributed by atoms with Crippen LogP contribution in [0.25, 0.3) is 11.5 Å². The number of nitrogens with zero attached hydrogens (tertiary/aromatic N) is 3. The van der Waals surface area contributed by atoms with Crippen molar-refractivity contribution < 1.29 is 17.6 Å². The summed E-state index contributed by atoms with van der Waals surface area (Å²) >= 11 is 11.2. The van der Waals surface area contributed by atoms with Crippen molar-refractivity contribution in [1.82, 2.24) is 20.0 Å². The van der Waals surface area contributed by atoms with Crippen LogP contribution in [0.1, 0.15) is 6.42 Å². The van der Waals surface area contributed by atoms with E-state index in [2.05, 4.69) is 10.4 Å². The van der Waals surface area contributed by atoms with Gasteiger partial charge in [-0.3, -0.25) is 9.69 Å². The Morgan fingerprint density at radius 3 is 2.96 bits per heavy atom. The van der Waals surface area contributed by atoms with Gasteiger partial charge in [-0.1, -0.05) is 17.7 Å². The molecular weight excluding hydrogens is 412 g/mol. The van der Waals surface area contributed by atoms with Crippen molar-refractivity contribution in [3.63, 3.8) is 0 Å². The second-order valence-corrected chi connectivity index (χ2v) is 9.52. The number of benzene rings is 1. The van der Waals surface area contributed by atoms with Gasteiger partial charge in [-0.25, -0.2) is 13.1 Å². The lowest BCUT2D eigenvalue weighted by Gasteiger charge is -2.17. The average molecular weight is 431 g/mol. The number of halogens is 1. The molecule has 0 spiro atoms. The Morgan fingerprint density at radius 1 is 1.52 bits per heavy atom. The number of likely N-dealkylation sites (N-methyl/N-ethyl adjacent to an activating group) is 1. The number of carbonyl (C=O) groups excluding carboxylic acids is 1. The Balaban J connectivity index is 1.59. The summed E-state index contributed by atoms with van der Waals surface area (Å²) in [5, 5.41) is 7.64. The van der Waals surface area contributed by atoms with E-state index in [1.54, 1.807) is 30.1 Å². The quantitative estimate of drug-likeness (QED) is 0.696. The fourth-order valence-electron chi connectivity index (χ4n) is 2.84. The number of nitrogens with one attached hydrogen (secondary N) is 1. The van der Waals surface area contributed by atoms with E-state index in [1.165, 1.54) is 4.68 Å². The Bertz CT molecular complexity index is 1000. The zero-order valence-electron chi connectivity index (χ0n) is 14.6. The van der Waals surface area contributed by atoms with Crippen LogP contribution in [0.4, 0.5) is 0 Å². The second kappa shape index (κ2) is 8.09. The van der Waals surface area contributed by atoms with E-state index in [-0.39, 0.29) is 41.5 Å². The molecule has 146 valence electrons. The van der Waals surface area contributed by atoms with Crippen LogP contribution in [0.5, 0.6) is 0 Å². The van der Waals surface area contributed by atoms with Gasteiger partial charge in [-0.05, 0) is 43.9 Å². The van der Waals surface area contributed by atoms with E-state index in [4.69, 9.17) is 28.2 Å². The molecular formula is C16H19ClN4O4S2. The zero-order valence-corrected chi connectivity index (χ0v) is 17.0. The number of hydrogen-bond acceptors (Lipinski definition) is 7. The van der Waals surface area contributed by atoms with E-state index in [0.717, 1.165) is 0 Å². The van der Waals surface area contributed by atoms with Gasteiger partial charge in [0, 0.05) is 16.6 Å². The van der Waals surface area contributed by atoms with Crippen LogP contribution in [-0.4, -0.2) is 60.1 Å². The number of amides is 1. The van der Waals surface area contributed by atoms with Crippen LogP contribution < -0.4 is 5.32 Å². The molecule has 11 heteroatoms. The van der Waals surface area contributed by atoms with Gasteiger partial charge in [0.25, 0.3) is 4.84 Å². The van der Waals surface area contributed by atoms with E-state index >= 15 is 0 Å². The van der Waals surface area contributed by atoms with Crippen molar-refractivity contribution >= 4 is 39.6 Å². The van der Waals surface area contributed by atoms with Crippen molar-refractivity contribution in [2.45, 2.75) is 19.1 Å². The summed E-state index contributed by atoms with van der Waals surface area (Å²) in [5.74, 6) is 0.217. The normalized spacial score (nSPS) is 18.7. The number of hydrogen-bond donors (Lipinski definition) is 1. The summed E-state index contributed by atoms with van der Waals surface area (Å²) in [4.78, 5) is 14.0. The smallest absolute Gasteiger partial charge is 0.288 e. The molecule has 8 nitrogen and oxygen atoms in total. The Kier molecular flexibility index (Phi) is 5.99. The van der Waals surface area contributed by atoms with Gasteiger partial charge in [0.15, 0.2) is 9.84 Å². The van der Waals surface area contributed by atoms with Crippen LogP contribution in [0.2, 0.25) is 5.02 Å². The number of rotatable bonds is 6. The van der Waals surface area contributed by atoms with Crippen LogP contribution in [0.15, 0.2) is 28.7 Å². The fourth-order valence-corrected chi connectivity index (χ4v) is 4.88. The third-order valence-corrected chi connectivity index (χ3v) is 6.36. The molecule has 1 N–H and O–H groups in total. The first-order valence-electron chi connectivity index (χ1n) is 8.24. The molecule has 1 aromatic carbocycles. The third-order valence-electron chi connectivity index (χ3n) is 4.06. The van der Waals surface area contributed by atoms with E-state index in [0.29, 0.717) is 22.9 Å². The molecule has 1 aliphatic heterocycles. The molecule has 0 aliphatic carbocycles. The highest BCUT2D eigenvalue weighted by Crippen LogP contribution is 2.21. The molecule has 1 saturated heterocycles. The van der Waals surface area contributed by atoms with E-state index in [9.17, 15) is 13.2 Å². The molecule has 3 rings (SSSR count). The molecule has 0 saturated carbocycles. The van der Waals surface area contributed by atoms with Crippen LogP contribution in [0, 0.1) is 4.84 Å². The SMILES string of the molecule is CN(CC(=O)NC1CCS(=O)(=O)C1)Cn1nc(-c2cccc(Cl)c2)oc1=S. The number of sulfone groups is 1. The molecule has 1 aromatic heterocycles. The summed E-state index contributed by atoms with van der Waals surface area (Å²) in [6, 6.07) is 6.75. The van der Waals surface area contributed by atoms with Gasteiger partial charge in [-0.15, -0.1) is 5.10 Å². The van der Waals surface area contributed by atoms with E-state index < -0.39 is 9.84 Å². The molecule has 2 aromatic rings. The molecule has 1 aliphatic rings. The lowest BCUT2D eigenvalue weighted by molar-refractivity contribution is -0.122. The maximum Gasteiger partial charge on any atom is 0.288 e. The Hall–Kier alpha value is -1.75. The Morgan fingerprint density at radius 2 is 2.30 bits per heavy atom. The van der Waals surface area contributed by atoms with Crippen molar-refractivity contribution in [2.75, 3.05) is 25.1 Å². The largest absolute Gasteiger partial charge is 0.409 e. The van der Waals surface area contributed by atoms with Crippen LogP contribution in [-0.2, 0) is 21.3 Å². The first kappa shape index (κ1) is 20.0. The summed E-state index contributed by atoms with van der Waals surface area (Å²) in [6.07, 6.45) is 0.453. The highest BCUT2D eigenvalue weighted by molar-refractivity contribution is 7.91. The molecule has 1 unspecified atom stereocenters. The maximum atomic E-state index is 12.1. The van der Waals surface area contributed by atoms with Gasteiger partial charge in [-0.2, -0.15) is 0 Å². The summed E-state index contributed by atoms with van der Waals surface area (Å²) in [7, 11) is -1.29. The number of carbonyl (C=O) groups is 1. The van der Waals surface area contributed by atoms with Gasteiger partial charge < -0.3 is 9.73 Å². The zero-order chi connectivity index (χ0) is 19.6. The van der Waals surface area contributed by atoms with E-state index in [1.807, 2.05) is 6.07 Å². The van der Waals surface area contributed by atoms with Crippen molar-refractivity contribution in [3.05, 3.63) is 34.1 Å². The average Bonchev–Trinajstić information content (AvgIpc) is 3.09. The lowest BCUT2D eigenvalue weighted by atomic mass is 10.2. The minimum absolute atomic E-state index is 0.000205. The maximum absolute atomic E-state index is 12.1. The minimum Gasteiger partial charge on any atom is -0.409 e. The molecule has 1 amide bonds. The second-order valence-electron chi connectivity index (χ2n) is 6.51. The molecule has 1 fully saturated rings. The summed E-state index contributed by atoms with van der Waals surface area (Å²) in [5.41, 5.74) is 0.704. The monoisotopic (exact) mass is 430 g/mol. The predicted molar refractivity (Wildman–Crippen MR) is 104 cm³/mol. The van der Waals surface area contributed by atoms with Crippen LogP contribution in [0.3, 0.4) is 0 Å². The standard InChI is InChI=1S/C16H19ClN4O4S2/c1-20(8-14(22)18-13-5-6-27(23,24)9-13)10-21-16(26)25-15(19-21)11-3-2-4-12(17)7-11/h2-4,7,13H,5-6,8-10H2,1H3,(H,18,22). The lowest BCUT2D eigenvalue weighted by Crippen LogP contribution is -2.42. The molecule has 2 heterocycles. The topological polar surface area (TPSA) is 97.4 Å². The van der Waals surface area contributed by atoms with Gasteiger partial charge in [0.1, 0.15) is 0 Å². The molecule has 27 heavy (non-hydrogen) atoms. The predicted octanol–water partition coefficient (Wildman–Crippen LogP) is 1.72. The summed E-state index contributed by atoms with van der Waals surface area (Å²) < 4.78 is 29.9. The molecule has 1 atom stereocenters. The highest BCUT2D eigenvalue weighted by atomic mass is 35.5. The Labute approximate surface area is 167 Å². The number of aromatic nitrogens is 2. The van der Waals surface area contributed by atoms with Gasteiger partial charge in [0.2, 0.25) is 11.8 Å². The molecule has 0 radical (unpaired) electrons. The van der Waals surface area contributed by atoms with Gasteiger partial charge >= 0.3 is 0 Å². The third kappa shape index (κ3) is 5.38.